The summed E-state index contributed by atoms with van der Waals surface area (Å²) in [6.07, 6.45) is 7.60. The molecule has 1 saturated carbocycles. The monoisotopic (exact) mass is 283 g/mol. The number of hydrogen-bond acceptors (Lipinski definition) is 5. The van der Waals surface area contributed by atoms with E-state index in [9.17, 15) is 0 Å². The molecule has 1 aliphatic rings. The predicted octanol–water partition coefficient (Wildman–Crippen LogP) is 2.70. The summed E-state index contributed by atoms with van der Waals surface area (Å²) in [6, 6.07) is 0. The van der Waals surface area contributed by atoms with Crippen molar-refractivity contribution >= 4 is 40.3 Å². The van der Waals surface area contributed by atoms with Crippen molar-refractivity contribution in [3.8, 4) is 0 Å². The average Bonchev–Trinajstić information content (AvgIpc) is 2.75. The number of thioether (sulfide) groups is 1. The van der Waals surface area contributed by atoms with Crippen LogP contribution >= 0.6 is 23.4 Å². The first-order valence-corrected chi connectivity index (χ1v) is 7.48. The zero-order valence-electron chi connectivity index (χ0n) is 10.0. The number of aromatic nitrogens is 4. The third-order valence-electron chi connectivity index (χ3n) is 3.53. The summed E-state index contributed by atoms with van der Waals surface area (Å²) in [5.74, 6) is 0.739. The van der Waals surface area contributed by atoms with E-state index in [1.165, 1.54) is 19.3 Å². The molecule has 2 aromatic rings. The fourth-order valence-electron chi connectivity index (χ4n) is 2.20. The third kappa shape index (κ3) is 2.03. The van der Waals surface area contributed by atoms with E-state index in [2.05, 4.69) is 31.5 Å². The van der Waals surface area contributed by atoms with Gasteiger partial charge >= 0.3 is 0 Å². The number of aromatic amines is 1. The van der Waals surface area contributed by atoms with E-state index >= 15 is 0 Å². The van der Waals surface area contributed by atoms with Crippen molar-refractivity contribution in [2.24, 2.45) is 0 Å². The van der Waals surface area contributed by atoms with E-state index in [-0.39, 0.29) is 5.28 Å². The highest BCUT2D eigenvalue weighted by Crippen LogP contribution is 2.42. The molecular formula is C11H14ClN5S. The first-order valence-electron chi connectivity index (χ1n) is 5.88. The Morgan fingerprint density at radius 1 is 1.50 bits per heavy atom. The van der Waals surface area contributed by atoms with E-state index in [0.29, 0.717) is 10.4 Å². The molecule has 0 amide bonds. The number of H-pyrrole nitrogens is 1. The molecule has 0 atom stereocenters. The highest BCUT2D eigenvalue weighted by Gasteiger charge is 2.36. The fraction of sp³-hybridized carbons (Fsp3) is 0.545. The van der Waals surface area contributed by atoms with Crippen LogP contribution in [0.3, 0.4) is 0 Å². The van der Waals surface area contributed by atoms with Crippen LogP contribution in [0.1, 0.15) is 19.3 Å². The van der Waals surface area contributed by atoms with E-state index < -0.39 is 0 Å². The van der Waals surface area contributed by atoms with Gasteiger partial charge in [-0.05, 0) is 30.7 Å². The molecule has 96 valence electrons. The maximum atomic E-state index is 5.89. The van der Waals surface area contributed by atoms with Gasteiger partial charge in [-0.25, -0.2) is 4.98 Å². The summed E-state index contributed by atoms with van der Waals surface area (Å²) in [5.41, 5.74) is 1.42. The number of nitrogens with zero attached hydrogens (tertiary/aromatic N) is 3. The van der Waals surface area contributed by atoms with Crippen molar-refractivity contribution in [3.63, 3.8) is 0 Å². The predicted molar refractivity (Wildman–Crippen MR) is 75.3 cm³/mol. The lowest BCUT2D eigenvalue weighted by molar-refractivity contribution is 0.379. The van der Waals surface area contributed by atoms with Gasteiger partial charge in [0, 0.05) is 11.3 Å². The molecule has 0 aromatic carbocycles. The standard InChI is InChI=1S/C11H14ClN5S/c1-18-11(3-2-4-11)5-13-8-7-9(15-6-14-7)17-10(12)16-8/h6H,2-5H2,1H3,(H2,13,14,15,16,17). The second kappa shape index (κ2) is 4.59. The molecule has 1 fully saturated rings. The second-order valence-corrected chi connectivity index (χ2v) is 6.15. The van der Waals surface area contributed by atoms with Crippen LogP contribution in [0, 0.1) is 0 Å². The van der Waals surface area contributed by atoms with Crippen molar-refractivity contribution in [1.29, 1.82) is 0 Å². The van der Waals surface area contributed by atoms with Crippen LogP contribution in [0.5, 0.6) is 0 Å². The molecule has 2 aromatic heterocycles. The molecule has 0 bridgehead atoms. The zero-order valence-corrected chi connectivity index (χ0v) is 11.6. The minimum absolute atomic E-state index is 0.226. The van der Waals surface area contributed by atoms with Gasteiger partial charge in [-0.15, -0.1) is 0 Å². The molecule has 0 unspecified atom stereocenters. The molecular weight excluding hydrogens is 270 g/mol. The van der Waals surface area contributed by atoms with Gasteiger partial charge in [0.1, 0.15) is 5.52 Å². The van der Waals surface area contributed by atoms with Gasteiger partial charge in [-0.3, -0.25) is 0 Å². The molecule has 0 aliphatic heterocycles. The summed E-state index contributed by atoms with van der Waals surface area (Å²) >= 11 is 7.82. The molecule has 5 nitrogen and oxygen atoms in total. The van der Waals surface area contributed by atoms with Gasteiger partial charge in [0.25, 0.3) is 0 Å². The molecule has 2 N–H and O–H groups in total. The average molecular weight is 284 g/mol. The molecule has 0 saturated heterocycles. The van der Waals surface area contributed by atoms with E-state index in [4.69, 9.17) is 11.6 Å². The fourth-order valence-corrected chi connectivity index (χ4v) is 3.28. The summed E-state index contributed by atoms with van der Waals surface area (Å²) in [7, 11) is 0. The number of imidazole rings is 1. The van der Waals surface area contributed by atoms with Crippen LogP contribution in [0.4, 0.5) is 5.82 Å². The van der Waals surface area contributed by atoms with Crippen molar-refractivity contribution in [2.45, 2.75) is 24.0 Å². The van der Waals surface area contributed by atoms with Crippen molar-refractivity contribution < 1.29 is 0 Å². The van der Waals surface area contributed by atoms with Crippen LogP contribution < -0.4 is 5.32 Å². The van der Waals surface area contributed by atoms with Gasteiger partial charge in [0.05, 0.1) is 6.33 Å². The van der Waals surface area contributed by atoms with Gasteiger partial charge in [-0.1, -0.05) is 6.42 Å². The van der Waals surface area contributed by atoms with Crippen molar-refractivity contribution in [1.82, 2.24) is 19.9 Å². The van der Waals surface area contributed by atoms with E-state index in [0.717, 1.165) is 17.9 Å². The minimum Gasteiger partial charge on any atom is -0.367 e. The van der Waals surface area contributed by atoms with Gasteiger partial charge in [0.15, 0.2) is 11.5 Å². The van der Waals surface area contributed by atoms with Crippen molar-refractivity contribution in [2.75, 3.05) is 18.1 Å². The van der Waals surface area contributed by atoms with Crippen LogP contribution in [0.15, 0.2) is 6.33 Å². The minimum atomic E-state index is 0.226. The Bertz CT molecular complexity index is 560. The molecule has 0 spiro atoms. The summed E-state index contributed by atoms with van der Waals surface area (Å²) in [4.78, 5) is 15.4. The maximum absolute atomic E-state index is 5.89. The highest BCUT2D eigenvalue weighted by atomic mass is 35.5. The maximum Gasteiger partial charge on any atom is 0.226 e. The smallest absolute Gasteiger partial charge is 0.226 e. The van der Waals surface area contributed by atoms with Crippen LogP contribution in [-0.2, 0) is 0 Å². The Morgan fingerprint density at radius 2 is 2.33 bits per heavy atom. The number of halogens is 1. The number of rotatable bonds is 4. The molecule has 3 rings (SSSR count). The van der Waals surface area contributed by atoms with Crippen LogP contribution in [-0.4, -0.2) is 37.5 Å². The van der Waals surface area contributed by atoms with Crippen LogP contribution in [0.2, 0.25) is 5.28 Å². The van der Waals surface area contributed by atoms with Gasteiger partial charge in [-0.2, -0.15) is 21.7 Å². The van der Waals surface area contributed by atoms with E-state index in [1.54, 1.807) is 6.33 Å². The normalized spacial score (nSPS) is 17.7. The lowest BCUT2D eigenvalue weighted by atomic mass is 9.84. The van der Waals surface area contributed by atoms with Crippen LogP contribution in [0.25, 0.3) is 11.2 Å². The topological polar surface area (TPSA) is 66.5 Å². The summed E-state index contributed by atoms with van der Waals surface area (Å²) < 4.78 is 0.351. The Morgan fingerprint density at radius 3 is 3.00 bits per heavy atom. The first kappa shape index (κ1) is 12.0. The SMILES string of the molecule is CSC1(CNc2nc(Cl)nc3nc[nH]c23)CCC1. The molecule has 2 heterocycles. The highest BCUT2D eigenvalue weighted by molar-refractivity contribution is 8.00. The Kier molecular flexibility index (Phi) is 3.07. The number of anilines is 1. The van der Waals surface area contributed by atoms with E-state index in [1.807, 2.05) is 11.8 Å². The quantitative estimate of drug-likeness (QED) is 0.845. The molecule has 7 heteroatoms. The molecule has 1 aliphatic carbocycles. The lowest BCUT2D eigenvalue weighted by Crippen LogP contribution is -2.40. The van der Waals surface area contributed by atoms with Gasteiger partial charge in [0.2, 0.25) is 5.28 Å². The Balaban J connectivity index is 1.83. The lowest BCUT2D eigenvalue weighted by Gasteiger charge is -2.40. The van der Waals surface area contributed by atoms with Crippen molar-refractivity contribution in [3.05, 3.63) is 11.6 Å². The summed E-state index contributed by atoms with van der Waals surface area (Å²) in [5, 5.41) is 3.61. The summed E-state index contributed by atoms with van der Waals surface area (Å²) in [6.45, 7) is 0.898. The Hall–Kier alpha value is -1.01. The first-order chi connectivity index (χ1) is 8.72. The number of nitrogens with one attached hydrogen (secondary N) is 2. The second-order valence-electron chi connectivity index (χ2n) is 4.54. The number of hydrogen-bond donors (Lipinski definition) is 2. The molecule has 18 heavy (non-hydrogen) atoms. The largest absolute Gasteiger partial charge is 0.367 e. The third-order valence-corrected chi connectivity index (χ3v) is 5.12. The Labute approximate surface area is 114 Å². The molecule has 0 radical (unpaired) electrons. The van der Waals surface area contributed by atoms with Gasteiger partial charge < -0.3 is 10.3 Å². The number of fused-ring (bicyclic) bond motifs is 1. The zero-order chi connectivity index (χ0) is 12.6.